The molecule has 1 amide bonds. The molecule has 0 bridgehead atoms. The van der Waals surface area contributed by atoms with Crippen molar-refractivity contribution >= 4 is 23.8 Å². The number of anilines is 1. The van der Waals surface area contributed by atoms with Crippen LogP contribution in [0.25, 0.3) is 6.08 Å². The van der Waals surface area contributed by atoms with Crippen LogP contribution in [0.1, 0.15) is 27.9 Å². The van der Waals surface area contributed by atoms with E-state index < -0.39 is 12.1 Å². The zero-order valence-electron chi connectivity index (χ0n) is 14.6. The number of nitrogens with two attached hydrogens (primary N) is 1. The number of alkyl carbamates (subject to hydrolysis) is 1. The van der Waals surface area contributed by atoms with Gasteiger partial charge in [0.15, 0.2) is 0 Å². The minimum Gasteiger partial charge on any atom is -0.465 e. The Balaban J connectivity index is 1.74. The Morgan fingerprint density at radius 3 is 2.65 bits per heavy atom. The van der Waals surface area contributed by atoms with Gasteiger partial charge in [-0.15, -0.1) is 0 Å². The van der Waals surface area contributed by atoms with Gasteiger partial charge >= 0.3 is 12.1 Å². The van der Waals surface area contributed by atoms with Crippen LogP contribution in [0.15, 0.2) is 54.6 Å². The van der Waals surface area contributed by atoms with E-state index >= 15 is 0 Å². The zero-order valence-corrected chi connectivity index (χ0v) is 14.6. The second-order valence-electron chi connectivity index (χ2n) is 5.52. The summed E-state index contributed by atoms with van der Waals surface area (Å²) in [6.07, 6.45) is 3.91. The lowest BCUT2D eigenvalue weighted by Gasteiger charge is -2.06. The molecule has 0 spiro atoms. The highest BCUT2D eigenvalue weighted by Gasteiger charge is 2.09. The molecule has 0 aliphatic heterocycles. The summed E-state index contributed by atoms with van der Waals surface area (Å²) in [6.45, 7) is 0.688. The van der Waals surface area contributed by atoms with Crippen molar-refractivity contribution in [2.75, 3.05) is 19.4 Å². The van der Waals surface area contributed by atoms with Gasteiger partial charge in [-0.2, -0.15) is 0 Å². The van der Waals surface area contributed by atoms with Crippen LogP contribution in [0.2, 0.25) is 0 Å². The van der Waals surface area contributed by atoms with Gasteiger partial charge in [0.05, 0.1) is 12.7 Å². The van der Waals surface area contributed by atoms with E-state index in [1.165, 1.54) is 7.11 Å². The molecule has 6 nitrogen and oxygen atoms in total. The van der Waals surface area contributed by atoms with Crippen molar-refractivity contribution in [3.63, 3.8) is 0 Å². The molecule has 2 aromatic carbocycles. The largest absolute Gasteiger partial charge is 0.465 e. The quantitative estimate of drug-likeness (QED) is 0.452. The van der Waals surface area contributed by atoms with Gasteiger partial charge in [0.2, 0.25) is 0 Å². The Morgan fingerprint density at radius 2 is 1.92 bits per heavy atom. The fraction of sp³-hybridized carbons (Fsp3) is 0.200. The van der Waals surface area contributed by atoms with Gasteiger partial charge in [0.1, 0.15) is 6.61 Å². The number of nitrogen functional groups attached to an aromatic ring is 1. The lowest BCUT2D eigenvalue weighted by molar-refractivity contribution is 0.0602. The number of ether oxygens (including phenoxy) is 2. The van der Waals surface area contributed by atoms with Crippen LogP contribution >= 0.6 is 0 Å². The van der Waals surface area contributed by atoms with E-state index in [1.807, 2.05) is 42.5 Å². The highest BCUT2D eigenvalue weighted by molar-refractivity contribution is 5.95. The third-order valence-corrected chi connectivity index (χ3v) is 3.59. The van der Waals surface area contributed by atoms with Gasteiger partial charge in [-0.25, -0.2) is 9.59 Å². The fourth-order valence-electron chi connectivity index (χ4n) is 2.22. The first kappa shape index (κ1) is 19.1. The first-order valence-corrected chi connectivity index (χ1v) is 8.19. The number of nitrogens with one attached hydrogen (secondary N) is 1. The van der Waals surface area contributed by atoms with Crippen molar-refractivity contribution in [3.05, 3.63) is 71.3 Å². The standard InChI is InChI=1S/C20H22N2O4/c1-25-19(23)17-13-15(10-11-18(17)21)7-5-6-12-22-20(24)26-14-16-8-3-2-4-9-16/h2-5,7-11,13H,6,12,14,21H2,1H3,(H,22,24). The molecule has 0 unspecified atom stereocenters. The zero-order chi connectivity index (χ0) is 18.8. The number of carbonyl (C=O) groups excluding carboxylic acids is 2. The molecule has 0 atom stereocenters. The van der Waals surface area contributed by atoms with Crippen molar-refractivity contribution in [1.82, 2.24) is 5.32 Å². The Labute approximate surface area is 152 Å². The van der Waals surface area contributed by atoms with Crippen molar-refractivity contribution in [3.8, 4) is 0 Å². The first-order chi connectivity index (χ1) is 12.6. The predicted octanol–water partition coefficient (Wildman–Crippen LogP) is 3.39. The summed E-state index contributed by atoms with van der Waals surface area (Å²) < 4.78 is 9.81. The lowest BCUT2D eigenvalue weighted by Crippen LogP contribution is -2.24. The normalized spacial score (nSPS) is 10.5. The number of esters is 1. The maximum Gasteiger partial charge on any atom is 0.407 e. The Morgan fingerprint density at radius 1 is 1.15 bits per heavy atom. The molecule has 0 aromatic heterocycles. The van der Waals surface area contributed by atoms with Crippen molar-refractivity contribution in [2.24, 2.45) is 0 Å². The van der Waals surface area contributed by atoms with Crippen LogP contribution in [0.4, 0.5) is 10.5 Å². The summed E-state index contributed by atoms with van der Waals surface area (Å²) >= 11 is 0. The Kier molecular flexibility index (Phi) is 7.24. The third kappa shape index (κ3) is 5.98. The molecule has 2 rings (SSSR count). The monoisotopic (exact) mass is 354 g/mol. The van der Waals surface area contributed by atoms with E-state index in [1.54, 1.807) is 18.2 Å². The molecule has 0 heterocycles. The molecule has 3 N–H and O–H groups in total. The molecule has 136 valence electrons. The maximum atomic E-state index is 11.6. The molecule has 6 heteroatoms. The van der Waals surface area contributed by atoms with Crippen LogP contribution in [0.5, 0.6) is 0 Å². The Bertz CT molecular complexity index is 773. The Hall–Kier alpha value is -3.28. The van der Waals surface area contributed by atoms with Gasteiger partial charge in [-0.05, 0) is 29.7 Å². The fourth-order valence-corrected chi connectivity index (χ4v) is 2.22. The lowest BCUT2D eigenvalue weighted by atomic mass is 10.1. The van der Waals surface area contributed by atoms with Crippen LogP contribution in [-0.2, 0) is 16.1 Å². The number of hydrogen-bond acceptors (Lipinski definition) is 5. The number of benzene rings is 2. The van der Waals surface area contributed by atoms with Gasteiger partial charge in [-0.3, -0.25) is 0 Å². The summed E-state index contributed by atoms with van der Waals surface area (Å²) in [6, 6.07) is 14.6. The molecule has 0 saturated carbocycles. The number of amides is 1. The van der Waals surface area contributed by atoms with Crippen LogP contribution in [-0.4, -0.2) is 25.7 Å². The van der Waals surface area contributed by atoms with Gasteiger partial charge in [0.25, 0.3) is 0 Å². The highest BCUT2D eigenvalue weighted by atomic mass is 16.5. The van der Waals surface area contributed by atoms with Crippen LogP contribution < -0.4 is 11.1 Å². The van der Waals surface area contributed by atoms with Gasteiger partial charge in [0, 0.05) is 12.2 Å². The summed E-state index contributed by atoms with van der Waals surface area (Å²) in [5, 5.41) is 2.68. The van der Waals surface area contributed by atoms with Gasteiger partial charge in [-0.1, -0.05) is 48.6 Å². The van der Waals surface area contributed by atoms with Crippen molar-refractivity contribution in [2.45, 2.75) is 13.0 Å². The summed E-state index contributed by atoms with van der Waals surface area (Å²) in [5.41, 5.74) is 8.23. The highest BCUT2D eigenvalue weighted by Crippen LogP contribution is 2.16. The molecule has 0 aliphatic carbocycles. The van der Waals surface area contributed by atoms with E-state index in [0.717, 1.165) is 11.1 Å². The number of carbonyl (C=O) groups is 2. The van der Waals surface area contributed by atoms with Crippen molar-refractivity contribution < 1.29 is 19.1 Å². The first-order valence-electron chi connectivity index (χ1n) is 8.19. The van der Waals surface area contributed by atoms with Crippen LogP contribution in [0.3, 0.4) is 0 Å². The molecular formula is C20H22N2O4. The summed E-state index contributed by atoms with van der Waals surface area (Å²) in [5.74, 6) is -0.472. The minimum atomic E-state index is -0.472. The summed E-state index contributed by atoms with van der Waals surface area (Å²) in [4.78, 5) is 23.2. The van der Waals surface area contributed by atoms with Crippen molar-refractivity contribution in [1.29, 1.82) is 0 Å². The molecule has 0 saturated heterocycles. The smallest absolute Gasteiger partial charge is 0.407 e. The number of rotatable bonds is 7. The number of hydrogen-bond donors (Lipinski definition) is 2. The summed E-state index contributed by atoms with van der Waals surface area (Å²) in [7, 11) is 1.31. The third-order valence-electron chi connectivity index (χ3n) is 3.59. The van der Waals surface area contributed by atoms with E-state index in [9.17, 15) is 9.59 Å². The van der Waals surface area contributed by atoms with E-state index in [-0.39, 0.29) is 6.61 Å². The molecular weight excluding hydrogens is 332 g/mol. The molecule has 26 heavy (non-hydrogen) atoms. The maximum absolute atomic E-state index is 11.6. The SMILES string of the molecule is COC(=O)c1cc(C=CCCNC(=O)OCc2ccccc2)ccc1N. The average Bonchev–Trinajstić information content (AvgIpc) is 2.67. The average molecular weight is 354 g/mol. The topological polar surface area (TPSA) is 90.6 Å². The van der Waals surface area contributed by atoms with Crippen LogP contribution in [0, 0.1) is 0 Å². The van der Waals surface area contributed by atoms with E-state index in [2.05, 4.69) is 5.32 Å². The molecule has 2 aromatic rings. The second-order valence-corrected chi connectivity index (χ2v) is 5.52. The molecule has 0 aliphatic rings. The minimum absolute atomic E-state index is 0.240. The van der Waals surface area contributed by atoms with E-state index in [0.29, 0.717) is 24.2 Å². The molecule has 0 fully saturated rings. The predicted molar refractivity (Wildman–Crippen MR) is 100 cm³/mol. The van der Waals surface area contributed by atoms with Gasteiger partial charge < -0.3 is 20.5 Å². The van der Waals surface area contributed by atoms with E-state index in [4.69, 9.17) is 15.2 Å². The molecule has 0 radical (unpaired) electrons. The number of methoxy groups -OCH3 is 1. The second kappa shape index (κ2) is 9.88.